The van der Waals surface area contributed by atoms with Crippen LogP contribution < -0.4 is 31.0 Å². The van der Waals surface area contributed by atoms with Crippen LogP contribution in [0, 0.1) is 11.3 Å². The zero-order valence-corrected chi connectivity index (χ0v) is 18.8. The first-order valence-electron chi connectivity index (χ1n) is 9.14. The Bertz CT molecular complexity index is 1210. The van der Waals surface area contributed by atoms with Crippen molar-refractivity contribution in [2.75, 3.05) is 37.6 Å². The molecule has 3 rings (SSSR count). The number of methoxy groups -OCH3 is 2. The molecule has 0 unspecified atom stereocenters. The van der Waals surface area contributed by atoms with Gasteiger partial charge in [-0.05, 0) is 40.2 Å². The third kappa shape index (κ3) is 4.81. The number of nitrogen functional groups attached to an aromatic ring is 2. The van der Waals surface area contributed by atoms with Crippen LogP contribution in [-0.2, 0) is 4.79 Å². The number of halogens is 1. The highest BCUT2D eigenvalue weighted by Gasteiger charge is 2.19. The lowest BCUT2D eigenvalue weighted by molar-refractivity contribution is -0.118. The smallest absolute Gasteiger partial charge is 0.262 e. The van der Waals surface area contributed by atoms with E-state index in [0.717, 1.165) is 0 Å². The predicted molar refractivity (Wildman–Crippen MR) is 122 cm³/mol. The number of nitrogens with one attached hydrogen (secondary N) is 1. The standard InChI is InChI=1S/C21H19BrN6O4/c1-30-15-6-4-3-5-14(15)26-17(29)10-32-19-13(22)7-11(8-16(19)31-2)18-12(9-23)20(24)28-21(25)27-18/h3-8H,10H2,1-2H3,(H,26,29)(H4,24,25,27,28). The number of nitriles is 1. The molecule has 0 atom stereocenters. The fourth-order valence-corrected chi connectivity index (χ4v) is 3.44. The number of para-hydroxylation sites is 2. The van der Waals surface area contributed by atoms with Crippen LogP contribution in [0.25, 0.3) is 11.3 Å². The number of ether oxygens (including phenoxy) is 3. The van der Waals surface area contributed by atoms with Gasteiger partial charge >= 0.3 is 0 Å². The number of rotatable bonds is 7. The Morgan fingerprint density at radius 3 is 2.56 bits per heavy atom. The number of benzene rings is 2. The third-order valence-corrected chi connectivity index (χ3v) is 4.89. The van der Waals surface area contributed by atoms with E-state index in [-0.39, 0.29) is 29.6 Å². The van der Waals surface area contributed by atoms with E-state index in [2.05, 4.69) is 31.2 Å². The molecule has 11 heteroatoms. The second-order valence-electron chi connectivity index (χ2n) is 6.33. The molecule has 2 aromatic carbocycles. The number of carbonyl (C=O) groups is 1. The van der Waals surface area contributed by atoms with Crippen molar-refractivity contribution < 1.29 is 19.0 Å². The maximum Gasteiger partial charge on any atom is 0.262 e. The van der Waals surface area contributed by atoms with Gasteiger partial charge in [-0.2, -0.15) is 10.2 Å². The molecule has 164 valence electrons. The van der Waals surface area contributed by atoms with Crippen molar-refractivity contribution in [2.45, 2.75) is 0 Å². The van der Waals surface area contributed by atoms with E-state index in [1.54, 1.807) is 36.4 Å². The minimum Gasteiger partial charge on any atom is -0.495 e. The number of carbonyl (C=O) groups excluding carboxylic acids is 1. The normalized spacial score (nSPS) is 10.2. The number of aromatic nitrogens is 2. The van der Waals surface area contributed by atoms with Crippen LogP contribution in [0.5, 0.6) is 17.2 Å². The number of hydrogen-bond acceptors (Lipinski definition) is 9. The van der Waals surface area contributed by atoms with Crippen LogP contribution in [0.4, 0.5) is 17.5 Å². The molecule has 1 aromatic heterocycles. The van der Waals surface area contributed by atoms with Crippen LogP contribution in [-0.4, -0.2) is 36.7 Å². The lowest BCUT2D eigenvalue weighted by Gasteiger charge is -2.15. The molecule has 0 radical (unpaired) electrons. The van der Waals surface area contributed by atoms with Crippen LogP contribution in [0.15, 0.2) is 40.9 Å². The molecule has 0 spiro atoms. The van der Waals surface area contributed by atoms with E-state index < -0.39 is 5.91 Å². The number of amides is 1. The Labute approximate surface area is 192 Å². The second-order valence-corrected chi connectivity index (χ2v) is 7.18. The maximum absolute atomic E-state index is 12.4. The lowest BCUT2D eigenvalue weighted by atomic mass is 10.1. The first kappa shape index (κ1) is 22.6. The van der Waals surface area contributed by atoms with Crippen molar-refractivity contribution in [2.24, 2.45) is 0 Å². The quantitative estimate of drug-likeness (QED) is 0.444. The van der Waals surface area contributed by atoms with Gasteiger partial charge in [-0.3, -0.25) is 4.79 Å². The zero-order valence-electron chi connectivity index (χ0n) is 17.2. The molecule has 0 bridgehead atoms. The first-order chi connectivity index (χ1) is 15.4. The van der Waals surface area contributed by atoms with E-state index in [1.165, 1.54) is 14.2 Å². The van der Waals surface area contributed by atoms with Gasteiger partial charge < -0.3 is 31.0 Å². The van der Waals surface area contributed by atoms with Crippen LogP contribution in [0.3, 0.4) is 0 Å². The van der Waals surface area contributed by atoms with Crippen molar-refractivity contribution in [3.8, 4) is 34.6 Å². The highest BCUT2D eigenvalue weighted by atomic mass is 79.9. The Kier molecular flexibility index (Phi) is 6.97. The molecular weight excluding hydrogens is 480 g/mol. The van der Waals surface area contributed by atoms with E-state index in [1.807, 2.05) is 6.07 Å². The molecule has 3 aromatic rings. The summed E-state index contributed by atoms with van der Waals surface area (Å²) >= 11 is 3.41. The number of hydrogen-bond donors (Lipinski definition) is 3. The average Bonchev–Trinajstić information content (AvgIpc) is 2.77. The summed E-state index contributed by atoms with van der Waals surface area (Å²) in [6, 6.07) is 12.2. The van der Waals surface area contributed by atoms with Crippen LogP contribution >= 0.6 is 15.9 Å². The highest BCUT2D eigenvalue weighted by molar-refractivity contribution is 9.10. The van der Waals surface area contributed by atoms with Crippen LogP contribution in [0.1, 0.15) is 5.56 Å². The fraction of sp³-hybridized carbons (Fsp3) is 0.143. The number of anilines is 3. The van der Waals surface area contributed by atoms with Crippen molar-refractivity contribution in [1.82, 2.24) is 9.97 Å². The fourth-order valence-electron chi connectivity index (χ4n) is 2.88. The Morgan fingerprint density at radius 1 is 1.16 bits per heavy atom. The first-order valence-corrected chi connectivity index (χ1v) is 9.93. The summed E-state index contributed by atoms with van der Waals surface area (Å²) < 4.78 is 16.8. The van der Waals surface area contributed by atoms with Gasteiger partial charge in [0.05, 0.1) is 30.1 Å². The molecular formula is C21H19BrN6O4. The van der Waals surface area contributed by atoms with Gasteiger partial charge in [0.1, 0.15) is 23.2 Å². The summed E-state index contributed by atoms with van der Waals surface area (Å²) in [7, 11) is 2.96. The van der Waals surface area contributed by atoms with E-state index >= 15 is 0 Å². The minimum absolute atomic E-state index is 0.0292. The van der Waals surface area contributed by atoms with Gasteiger partial charge in [-0.25, -0.2) is 4.98 Å². The number of nitrogens with two attached hydrogens (primary N) is 2. The summed E-state index contributed by atoms with van der Waals surface area (Å²) in [6.45, 7) is -0.288. The topological polar surface area (TPSA) is 158 Å². The van der Waals surface area contributed by atoms with Gasteiger partial charge in [0.2, 0.25) is 5.95 Å². The summed E-state index contributed by atoms with van der Waals surface area (Å²) in [5, 5.41) is 12.2. The van der Waals surface area contributed by atoms with Gasteiger partial charge in [0, 0.05) is 5.56 Å². The number of nitrogens with zero attached hydrogens (tertiary/aromatic N) is 3. The second kappa shape index (κ2) is 9.84. The molecule has 0 aliphatic rings. The zero-order chi connectivity index (χ0) is 23.3. The van der Waals surface area contributed by atoms with Crippen molar-refractivity contribution in [3.63, 3.8) is 0 Å². The maximum atomic E-state index is 12.4. The van der Waals surface area contributed by atoms with Crippen molar-refractivity contribution in [3.05, 3.63) is 46.4 Å². The van der Waals surface area contributed by atoms with Gasteiger partial charge in [0.25, 0.3) is 5.91 Å². The summed E-state index contributed by atoms with van der Waals surface area (Å²) in [6.07, 6.45) is 0. The van der Waals surface area contributed by atoms with Gasteiger partial charge in [-0.15, -0.1) is 0 Å². The Morgan fingerprint density at radius 2 is 1.88 bits per heavy atom. The van der Waals surface area contributed by atoms with Crippen molar-refractivity contribution >= 4 is 39.3 Å². The lowest BCUT2D eigenvalue weighted by Crippen LogP contribution is -2.20. The molecule has 1 heterocycles. The molecule has 0 fully saturated rings. The molecule has 10 nitrogen and oxygen atoms in total. The average molecular weight is 499 g/mol. The largest absolute Gasteiger partial charge is 0.495 e. The summed E-state index contributed by atoms with van der Waals surface area (Å²) in [4.78, 5) is 20.3. The van der Waals surface area contributed by atoms with Gasteiger partial charge in [0.15, 0.2) is 18.1 Å². The molecule has 5 N–H and O–H groups in total. The molecule has 0 aliphatic heterocycles. The predicted octanol–water partition coefficient (Wildman–Crippen LogP) is 2.98. The SMILES string of the molecule is COc1ccccc1NC(=O)COc1c(Br)cc(-c2nc(N)nc(N)c2C#N)cc1OC. The Balaban J connectivity index is 1.85. The van der Waals surface area contributed by atoms with E-state index in [4.69, 9.17) is 25.7 Å². The van der Waals surface area contributed by atoms with E-state index in [9.17, 15) is 10.1 Å². The van der Waals surface area contributed by atoms with Crippen LogP contribution in [0.2, 0.25) is 0 Å². The minimum atomic E-state index is -0.393. The molecule has 0 saturated heterocycles. The van der Waals surface area contributed by atoms with Gasteiger partial charge in [-0.1, -0.05) is 12.1 Å². The molecule has 32 heavy (non-hydrogen) atoms. The van der Waals surface area contributed by atoms with Crippen molar-refractivity contribution in [1.29, 1.82) is 5.26 Å². The Hall–Kier alpha value is -4.04. The molecule has 1 amide bonds. The monoisotopic (exact) mass is 498 g/mol. The highest BCUT2D eigenvalue weighted by Crippen LogP contribution is 2.40. The molecule has 0 saturated carbocycles. The van der Waals surface area contributed by atoms with E-state index in [0.29, 0.717) is 33.0 Å². The third-order valence-electron chi connectivity index (χ3n) is 4.30. The summed E-state index contributed by atoms with van der Waals surface area (Å²) in [5.74, 6) is 0.633. The molecule has 0 aliphatic carbocycles. The summed E-state index contributed by atoms with van der Waals surface area (Å²) in [5.41, 5.74) is 12.8.